The smallest absolute Gasteiger partial charge is 0.321 e. The number of carbonyl (C=O) groups excluding carboxylic acids is 1. The van der Waals surface area contributed by atoms with E-state index in [0.29, 0.717) is 0 Å². The molecule has 5 nitrogen and oxygen atoms in total. The average Bonchev–Trinajstić information content (AvgIpc) is 2.53. The van der Waals surface area contributed by atoms with Crippen LogP contribution in [0.1, 0.15) is 22.7 Å². The van der Waals surface area contributed by atoms with Gasteiger partial charge in [0.2, 0.25) is 0 Å². The highest BCUT2D eigenvalue weighted by Crippen LogP contribution is 2.27. The number of carbonyl (C=O) groups is 1. The predicted octanol–water partition coefficient (Wildman–Crippen LogP) is 1.34. The quantitative estimate of drug-likeness (QED) is 0.574. The lowest BCUT2D eigenvalue weighted by molar-refractivity contribution is 0.248. The van der Waals surface area contributed by atoms with Crippen LogP contribution in [0.5, 0.6) is 5.75 Å². The monoisotopic (exact) mass is 219 g/mol. The fourth-order valence-corrected chi connectivity index (χ4v) is 1.84. The van der Waals surface area contributed by atoms with Crippen molar-refractivity contribution in [3.63, 3.8) is 0 Å². The number of nitrogens with one attached hydrogen (secondary N) is 3. The van der Waals surface area contributed by atoms with Crippen LogP contribution in [0.2, 0.25) is 0 Å². The third kappa shape index (κ3) is 1.60. The fourth-order valence-electron chi connectivity index (χ4n) is 1.84. The molecule has 0 spiro atoms. The van der Waals surface area contributed by atoms with Crippen LogP contribution in [0.15, 0.2) is 12.1 Å². The molecule has 1 unspecified atom stereocenters. The van der Waals surface area contributed by atoms with Gasteiger partial charge in [-0.15, -0.1) is 0 Å². The van der Waals surface area contributed by atoms with Crippen molar-refractivity contribution < 1.29 is 9.90 Å². The average molecular weight is 219 g/mol. The van der Waals surface area contributed by atoms with E-state index in [0.717, 1.165) is 16.7 Å². The summed E-state index contributed by atoms with van der Waals surface area (Å²) in [5.41, 5.74) is 2.28. The Morgan fingerprint density at radius 2 is 1.88 bits per heavy atom. The van der Waals surface area contributed by atoms with Crippen LogP contribution < -0.4 is 10.6 Å². The van der Waals surface area contributed by atoms with Gasteiger partial charge >= 0.3 is 6.03 Å². The zero-order valence-corrected chi connectivity index (χ0v) is 9.09. The highest BCUT2D eigenvalue weighted by Gasteiger charge is 2.28. The highest BCUT2D eigenvalue weighted by molar-refractivity contribution is 6.06. The molecule has 2 amide bonds. The molecule has 1 aliphatic heterocycles. The summed E-state index contributed by atoms with van der Waals surface area (Å²) < 4.78 is 0. The summed E-state index contributed by atoms with van der Waals surface area (Å²) in [6.07, 6.45) is 0. The highest BCUT2D eigenvalue weighted by atomic mass is 16.3. The zero-order chi connectivity index (χ0) is 11.9. The minimum Gasteiger partial charge on any atom is -0.507 e. The van der Waals surface area contributed by atoms with Gasteiger partial charge in [0.15, 0.2) is 0 Å². The Kier molecular flexibility index (Phi) is 2.30. The molecule has 1 heterocycles. The van der Waals surface area contributed by atoms with Crippen molar-refractivity contribution in [2.75, 3.05) is 0 Å². The van der Waals surface area contributed by atoms with Gasteiger partial charge in [-0.25, -0.2) is 4.79 Å². The van der Waals surface area contributed by atoms with Crippen LogP contribution in [0.25, 0.3) is 0 Å². The second-order valence-electron chi connectivity index (χ2n) is 3.95. The number of hydrogen-bond donors (Lipinski definition) is 4. The number of aromatic hydroxyl groups is 1. The summed E-state index contributed by atoms with van der Waals surface area (Å²) >= 11 is 0. The predicted molar refractivity (Wildman–Crippen MR) is 59.7 cm³/mol. The van der Waals surface area contributed by atoms with E-state index in [1.165, 1.54) is 0 Å². The summed E-state index contributed by atoms with van der Waals surface area (Å²) in [6.45, 7) is 3.58. The summed E-state index contributed by atoms with van der Waals surface area (Å²) in [7, 11) is 0. The number of rotatable bonds is 1. The maximum Gasteiger partial charge on any atom is 0.321 e. The molecule has 0 bridgehead atoms. The number of phenols is 1. The molecule has 1 aromatic rings. The fraction of sp³-hybridized carbons (Fsp3) is 0.273. The van der Waals surface area contributed by atoms with Crippen LogP contribution in [0.4, 0.5) is 4.79 Å². The van der Waals surface area contributed by atoms with Crippen molar-refractivity contribution in [2.45, 2.75) is 19.9 Å². The summed E-state index contributed by atoms with van der Waals surface area (Å²) in [5, 5.41) is 22.3. The Morgan fingerprint density at radius 1 is 1.31 bits per heavy atom. The van der Waals surface area contributed by atoms with Crippen molar-refractivity contribution in [3.8, 4) is 5.75 Å². The van der Waals surface area contributed by atoms with E-state index in [9.17, 15) is 9.90 Å². The zero-order valence-electron chi connectivity index (χ0n) is 9.09. The lowest BCUT2D eigenvalue weighted by Gasteiger charge is -2.12. The number of urea groups is 1. The number of benzene rings is 1. The third-order valence-corrected chi connectivity index (χ3v) is 2.66. The van der Waals surface area contributed by atoms with Crippen molar-refractivity contribution in [3.05, 3.63) is 28.8 Å². The van der Waals surface area contributed by atoms with Gasteiger partial charge in [0.05, 0.1) is 0 Å². The van der Waals surface area contributed by atoms with Crippen molar-refractivity contribution in [1.82, 2.24) is 10.6 Å². The molecule has 1 aromatic carbocycles. The molecule has 0 saturated carbocycles. The molecule has 1 saturated heterocycles. The van der Waals surface area contributed by atoms with Crippen LogP contribution in [-0.4, -0.2) is 17.0 Å². The minimum absolute atomic E-state index is 0.134. The topological polar surface area (TPSA) is 85.2 Å². The normalized spacial score (nSPS) is 19.5. The van der Waals surface area contributed by atoms with Gasteiger partial charge in [0, 0.05) is 0 Å². The Labute approximate surface area is 93.0 Å². The van der Waals surface area contributed by atoms with Gasteiger partial charge in [-0.1, -0.05) is 0 Å². The summed E-state index contributed by atoms with van der Waals surface area (Å²) in [6, 6.07) is 2.74. The Balaban J connectivity index is 2.42. The number of aryl methyl sites for hydroxylation is 2. The Hall–Kier alpha value is -2.04. The number of hydrogen-bond acceptors (Lipinski definition) is 3. The van der Waals surface area contributed by atoms with Crippen LogP contribution in [-0.2, 0) is 0 Å². The van der Waals surface area contributed by atoms with Gasteiger partial charge < -0.3 is 10.4 Å². The molecule has 1 atom stereocenters. The van der Waals surface area contributed by atoms with Gasteiger partial charge in [0.1, 0.15) is 17.6 Å². The molecule has 1 aliphatic rings. The minimum atomic E-state index is -0.439. The van der Waals surface area contributed by atoms with Gasteiger partial charge in [-0.3, -0.25) is 10.7 Å². The van der Waals surface area contributed by atoms with E-state index < -0.39 is 6.04 Å². The second kappa shape index (κ2) is 3.52. The molecule has 84 valence electrons. The van der Waals surface area contributed by atoms with Gasteiger partial charge in [-0.2, -0.15) is 0 Å². The Bertz CT molecular complexity index is 459. The standard InChI is InChI=1S/C11H13N3O2/c1-5-3-7(4-6(2)9(5)15)8-10(12)14-11(16)13-8/h3-4,8,15H,1-2H3,(H3,12,13,14,16). The van der Waals surface area contributed by atoms with E-state index in [-0.39, 0.29) is 17.6 Å². The van der Waals surface area contributed by atoms with E-state index in [2.05, 4.69) is 10.6 Å². The largest absolute Gasteiger partial charge is 0.507 e. The lowest BCUT2D eigenvalue weighted by atomic mass is 10.0. The molecule has 16 heavy (non-hydrogen) atoms. The molecule has 2 rings (SSSR count). The summed E-state index contributed by atoms with van der Waals surface area (Å²) in [4.78, 5) is 11.1. The van der Waals surface area contributed by atoms with Crippen LogP contribution >= 0.6 is 0 Å². The third-order valence-electron chi connectivity index (χ3n) is 2.66. The van der Waals surface area contributed by atoms with Crippen LogP contribution in [0.3, 0.4) is 0 Å². The first-order valence-electron chi connectivity index (χ1n) is 4.95. The second-order valence-corrected chi connectivity index (χ2v) is 3.95. The van der Waals surface area contributed by atoms with Crippen LogP contribution in [0, 0.1) is 19.3 Å². The molecule has 1 fully saturated rings. The molecule has 0 radical (unpaired) electrons. The summed E-state index contributed by atoms with van der Waals surface area (Å²) in [5.74, 6) is 0.391. The Morgan fingerprint density at radius 3 is 2.31 bits per heavy atom. The van der Waals surface area contributed by atoms with Gasteiger partial charge in [0.25, 0.3) is 0 Å². The number of amides is 2. The SMILES string of the molecule is Cc1cc(C2NC(=O)NC2=N)cc(C)c1O. The first-order chi connectivity index (χ1) is 7.49. The molecule has 5 heteroatoms. The van der Waals surface area contributed by atoms with Crippen molar-refractivity contribution in [1.29, 1.82) is 5.41 Å². The number of amidine groups is 1. The van der Waals surface area contributed by atoms with E-state index >= 15 is 0 Å². The molecule has 0 aliphatic carbocycles. The van der Waals surface area contributed by atoms with Crippen molar-refractivity contribution >= 4 is 11.9 Å². The molecule has 4 N–H and O–H groups in total. The maximum absolute atomic E-state index is 11.1. The first kappa shape index (κ1) is 10.5. The molecular weight excluding hydrogens is 206 g/mol. The van der Waals surface area contributed by atoms with E-state index in [4.69, 9.17) is 5.41 Å². The molecule has 0 aromatic heterocycles. The lowest BCUT2D eigenvalue weighted by Crippen LogP contribution is -2.22. The van der Waals surface area contributed by atoms with E-state index in [1.54, 1.807) is 26.0 Å². The maximum atomic E-state index is 11.1. The molecular formula is C11H13N3O2. The first-order valence-corrected chi connectivity index (χ1v) is 4.95. The van der Waals surface area contributed by atoms with Gasteiger partial charge in [-0.05, 0) is 42.7 Å². The van der Waals surface area contributed by atoms with Crippen molar-refractivity contribution in [2.24, 2.45) is 0 Å². The van der Waals surface area contributed by atoms with E-state index in [1.807, 2.05) is 0 Å². The number of phenolic OH excluding ortho intramolecular Hbond substituents is 1.